The molecule has 2 N–H and O–H groups in total. The Labute approximate surface area is 78.2 Å². The zero-order valence-electron chi connectivity index (χ0n) is 7.94. The van der Waals surface area contributed by atoms with Gasteiger partial charge in [-0.2, -0.15) is 0 Å². The maximum Gasteiger partial charge on any atom is 0.303 e. The molecule has 1 saturated heterocycles. The van der Waals surface area contributed by atoms with Crippen molar-refractivity contribution in [3.05, 3.63) is 0 Å². The highest BCUT2D eigenvalue weighted by molar-refractivity contribution is 5.67. The summed E-state index contributed by atoms with van der Waals surface area (Å²) in [6.45, 7) is 4.82. The van der Waals surface area contributed by atoms with Crippen molar-refractivity contribution in [3.8, 4) is 0 Å². The third-order valence-corrected chi connectivity index (χ3v) is 2.38. The predicted molar refractivity (Wildman–Crippen MR) is 48.4 cm³/mol. The second-order valence-corrected chi connectivity index (χ2v) is 3.97. The normalized spacial score (nSPS) is 21.1. The molecule has 1 unspecified atom stereocenters. The summed E-state index contributed by atoms with van der Waals surface area (Å²) in [6, 6.07) is 0. The molecule has 0 aromatic heterocycles. The summed E-state index contributed by atoms with van der Waals surface area (Å²) in [7, 11) is 0. The Kier molecular flexibility index (Phi) is 3.69. The largest absolute Gasteiger partial charge is 0.481 e. The van der Waals surface area contributed by atoms with Gasteiger partial charge in [0.15, 0.2) is 0 Å². The number of nitrogens with zero attached hydrogens (tertiary/aromatic N) is 1. The zero-order valence-corrected chi connectivity index (χ0v) is 7.94. The molecule has 1 rings (SSSR count). The molecule has 0 bridgehead atoms. The molecule has 4 heteroatoms. The Morgan fingerprint density at radius 3 is 2.69 bits per heavy atom. The maximum atomic E-state index is 10.3. The number of carbonyl (C=O) groups is 1. The fourth-order valence-electron chi connectivity index (χ4n) is 1.70. The van der Waals surface area contributed by atoms with Crippen molar-refractivity contribution < 1.29 is 15.0 Å². The minimum atomic E-state index is -0.708. The van der Waals surface area contributed by atoms with Crippen LogP contribution in [0.2, 0.25) is 0 Å². The van der Waals surface area contributed by atoms with Crippen LogP contribution in [0.25, 0.3) is 0 Å². The number of hydrogen-bond donors (Lipinski definition) is 2. The van der Waals surface area contributed by atoms with Gasteiger partial charge >= 0.3 is 5.97 Å². The van der Waals surface area contributed by atoms with Gasteiger partial charge in [0, 0.05) is 26.2 Å². The van der Waals surface area contributed by atoms with E-state index in [0.717, 1.165) is 19.6 Å². The summed E-state index contributed by atoms with van der Waals surface area (Å²) in [6.07, 6.45) is 0.282. The standard InChI is InChI=1S/C9H17NO3/c1-7(6-11)3-10-4-8(5-10)2-9(12)13/h7-8,11H,2-6H2,1H3,(H,12,13). The SMILES string of the molecule is CC(CO)CN1CC(CC(=O)O)C1. The Hall–Kier alpha value is -0.610. The molecular weight excluding hydrogens is 170 g/mol. The molecule has 0 saturated carbocycles. The molecule has 1 fully saturated rings. The Morgan fingerprint density at radius 1 is 1.62 bits per heavy atom. The van der Waals surface area contributed by atoms with E-state index in [2.05, 4.69) is 4.90 Å². The second kappa shape index (κ2) is 4.58. The third-order valence-electron chi connectivity index (χ3n) is 2.38. The average molecular weight is 187 g/mol. The van der Waals surface area contributed by atoms with Crippen LogP contribution in [0.1, 0.15) is 13.3 Å². The first-order valence-electron chi connectivity index (χ1n) is 4.66. The van der Waals surface area contributed by atoms with E-state index in [1.54, 1.807) is 0 Å². The smallest absolute Gasteiger partial charge is 0.303 e. The molecule has 76 valence electrons. The third kappa shape index (κ3) is 3.32. The molecule has 13 heavy (non-hydrogen) atoms. The quantitative estimate of drug-likeness (QED) is 0.637. The molecule has 0 aromatic carbocycles. The topological polar surface area (TPSA) is 60.8 Å². The van der Waals surface area contributed by atoms with Crippen LogP contribution in [0.3, 0.4) is 0 Å². The highest BCUT2D eigenvalue weighted by Gasteiger charge is 2.28. The summed E-state index contributed by atoms with van der Waals surface area (Å²) in [5, 5.41) is 17.3. The van der Waals surface area contributed by atoms with Crippen LogP contribution in [-0.2, 0) is 4.79 Å². The second-order valence-electron chi connectivity index (χ2n) is 3.97. The van der Waals surface area contributed by atoms with Crippen molar-refractivity contribution in [3.63, 3.8) is 0 Å². The summed E-state index contributed by atoms with van der Waals surface area (Å²) in [5.74, 6) is -0.0889. The number of rotatable bonds is 5. The Morgan fingerprint density at radius 2 is 2.23 bits per heavy atom. The van der Waals surface area contributed by atoms with Gasteiger partial charge in [-0.05, 0) is 11.8 Å². The van der Waals surface area contributed by atoms with Crippen LogP contribution in [-0.4, -0.2) is 47.3 Å². The van der Waals surface area contributed by atoms with Gasteiger partial charge in [-0.1, -0.05) is 6.92 Å². The Balaban J connectivity index is 2.08. The first-order chi connectivity index (χ1) is 6.11. The fourth-order valence-corrected chi connectivity index (χ4v) is 1.70. The summed E-state index contributed by atoms with van der Waals surface area (Å²) in [4.78, 5) is 12.5. The highest BCUT2D eigenvalue weighted by atomic mass is 16.4. The molecule has 1 aliphatic heterocycles. The van der Waals surface area contributed by atoms with Crippen LogP contribution in [0.15, 0.2) is 0 Å². The van der Waals surface area contributed by atoms with Crippen LogP contribution < -0.4 is 0 Å². The molecule has 0 amide bonds. The van der Waals surface area contributed by atoms with Gasteiger partial charge in [-0.3, -0.25) is 4.79 Å². The van der Waals surface area contributed by atoms with E-state index in [-0.39, 0.29) is 13.0 Å². The van der Waals surface area contributed by atoms with Gasteiger partial charge in [0.05, 0.1) is 6.42 Å². The van der Waals surface area contributed by atoms with E-state index in [0.29, 0.717) is 11.8 Å². The van der Waals surface area contributed by atoms with Crippen molar-refractivity contribution in [1.29, 1.82) is 0 Å². The van der Waals surface area contributed by atoms with Crippen LogP contribution in [0.4, 0.5) is 0 Å². The van der Waals surface area contributed by atoms with Crippen molar-refractivity contribution in [2.75, 3.05) is 26.2 Å². The van der Waals surface area contributed by atoms with Crippen molar-refractivity contribution in [1.82, 2.24) is 4.90 Å². The Bertz CT molecular complexity index is 178. The van der Waals surface area contributed by atoms with Crippen LogP contribution in [0, 0.1) is 11.8 Å². The molecule has 1 heterocycles. The van der Waals surface area contributed by atoms with E-state index in [4.69, 9.17) is 10.2 Å². The number of hydrogen-bond acceptors (Lipinski definition) is 3. The van der Waals surface area contributed by atoms with E-state index < -0.39 is 5.97 Å². The van der Waals surface area contributed by atoms with Crippen molar-refractivity contribution >= 4 is 5.97 Å². The maximum absolute atomic E-state index is 10.3. The van der Waals surface area contributed by atoms with Crippen LogP contribution >= 0.6 is 0 Å². The zero-order chi connectivity index (χ0) is 9.84. The molecule has 0 aromatic rings. The van der Waals surface area contributed by atoms with Gasteiger partial charge in [0.1, 0.15) is 0 Å². The summed E-state index contributed by atoms with van der Waals surface area (Å²) >= 11 is 0. The lowest BCUT2D eigenvalue weighted by Gasteiger charge is -2.39. The number of carboxylic acids is 1. The monoisotopic (exact) mass is 187 g/mol. The minimum Gasteiger partial charge on any atom is -0.481 e. The van der Waals surface area contributed by atoms with E-state index in [1.165, 1.54) is 0 Å². The molecule has 1 atom stereocenters. The summed E-state index contributed by atoms with van der Waals surface area (Å²) < 4.78 is 0. The van der Waals surface area contributed by atoms with E-state index in [1.807, 2.05) is 6.92 Å². The van der Waals surface area contributed by atoms with Crippen molar-refractivity contribution in [2.24, 2.45) is 11.8 Å². The lowest BCUT2D eigenvalue weighted by Crippen LogP contribution is -2.49. The average Bonchev–Trinajstić information content (AvgIpc) is 1.99. The molecule has 1 aliphatic rings. The number of aliphatic carboxylic acids is 1. The molecule has 0 radical (unpaired) electrons. The van der Waals surface area contributed by atoms with Gasteiger partial charge in [0.25, 0.3) is 0 Å². The number of carboxylic acid groups (broad SMARTS) is 1. The lowest BCUT2D eigenvalue weighted by molar-refractivity contribution is -0.139. The predicted octanol–water partition coefficient (Wildman–Crippen LogP) is 0.0213. The lowest BCUT2D eigenvalue weighted by atomic mass is 9.95. The van der Waals surface area contributed by atoms with Crippen molar-refractivity contribution in [2.45, 2.75) is 13.3 Å². The van der Waals surface area contributed by atoms with E-state index in [9.17, 15) is 4.79 Å². The highest BCUT2D eigenvalue weighted by Crippen LogP contribution is 2.19. The number of aliphatic hydroxyl groups is 1. The van der Waals surface area contributed by atoms with E-state index >= 15 is 0 Å². The number of aliphatic hydroxyl groups excluding tert-OH is 1. The van der Waals surface area contributed by atoms with Gasteiger partial charge in [-0.15, -0.1) is 0 Å². The van der Waals surface area contributed by atoms with Gasteiger partial charge in [0.2, 0.25) is 0 Å². The number of likely N-dealkylation sites (tertiary alicyclic amines) is 1. The fraction of sp³-hybridized carbons (Fsp3) is 0.889. The molecular formula is C9H17NO3. The van der Waals surface area contributed by atoms with Gasteiger partial charge in [-0.25, -0.2) is 0 Å². The molecule has 4 nitrogen and oxygen atoms in total. The molecule has 0 spiro atoms. The van der Waals surface area contributed by atoms with Gasteiger partial charge < -0.3 is 15.1 Å². The van der Waals surface area contributed by atoms with Crippen LogP contribution in [0.5, 0.6) is 0 Å². The molecule has 0 aliphatic carbocycles. The minimum absolute atomic E-state index is 0.208. The first-order valence-corrected chi connectivity index (χ1v) is 4.66. The first kappa shape index (κ1) is 10.5. The summed E-state index contributed by atoms with van der Waals surface area (Å²) in [5.41, 5.74) is 0.